The predicted molar refractivity (Wildman–Crippen MR) is 75.1 cm³/mol. The van der Waals surface area contributed by atoms with Gasteiger partial charge in [0, 0.05) is 19.6 Å². The van der Waals surface area contributed by atoms with E-state index in [1.165, 1.54) is 6.20 Å². The fourth-order valence-corrected chi connectivity index (χ4v) is 2.32. The number of nitro groups is 1. The van der Waals surface area contributed by atoms with Crippen molar-refractivity contribution in [2.24, 2.45) is 0 Å². The summed E-state index contributed by atoms with van der Waals surface area (Å²) in [5.41, 5.74) is -0.0760. The zero-order valence-corrected chi connectivity index (χ0v) is 11.9. The highest BCUT2D eigenvalue weighted by Gasteiger charge is 2.29. The van der Waals surface area contributed by atoms with E-state index in [1.54, 1.807) is 0 Å². The van der Waals surface area contributed by atoms with Gasteiger partial charge in [-0.2, -0.15) is 4.98 Å². The molecule has 0 spiro atoms. The molecule has 1 aromatic heterocycles. The highest BCUT2D eigenvalue weighted by molar-refractivity contribution is 5.59. The van der Waals surface area contributed by atoms with Crippen molar-refractivity contribution in [3.05, 3.63) is 16.3 Å². The van der Waals surface area contributed by atoms with Crippen LogP contribution >= 0.6 is 0 Å². The van der Waals surface area contributed by atoms with Crippen molar-refractivity contribution >= 4 is 17.5 Å². The average Bonchev–Trinajstić information content (AvgIpc) is 2.37. The maximum absolute atomic E-state index is 11.1. The molecule has 20 heavy (non-hydrogen) atoms. The molecule has 0 saturated carbocycles. The smallest absolute Gasteiger partial charge is 0.329 e. The minimum Gasteiger partial charge on any atom is -0.372 e. The van der Waals surface area contributed by atoms with E-state index in [0.29, 0.717) is 31.4 Å². The predicted octanol–water partition coefficient (Wildman–Crippen LogP) is 1.43. The molecule has 8 nitrogen and oxygen atoms in total. The van der Waals surface area contributed by atoms with Crippen LogP contribution in [0.1, 0.15) is 20.8 Å². The number of morpholine rings is 1. The van der Waals surface area contributed by atoms with E-state index in [-0.39, 0.29) is 17.9 Å². The summed E-state index contributed by atoms with van der Waals surface area (Å²) in [4.78, 5) is 20.8. The van der Waals surface area contributed by atoms with Crippen LogP contribution in [0, 0.1) is 10.1 Å². The Balaban J connectivity index is 2.35. The van der Waals surface area contributed by atoms with Gasteiger partial charge in [-0.05, 0) is 20.8 Å². The Bertz CT molecular complexity index is 486. The lowest BCUT2D eigenvalue weighted by Gasteiger charge is -2.35. The molecule has 1 aliphatic rings. The quantitative estimate of drug-likeness (QED) is 0.659. The van der Waals surface area contributed by atoms with Crippen LogP contribution in [-0.2, 0) is 4.74 Å². The second kappa shape index (κ2) is 6.00. The van der Waals surface area contributed by atoms with Crippen LogP contribution in [0.15, 0.2) is 6.20 Å². The first kappa shape index (κ1) is 14.4. The molecule has 1 aromatic rings. The van der Waals surface area contributed by atoms with Crippen LogP contribution in [0.25, 0.3) is 0 Å². The minimum atomic E-state index is -0.449. The monoisotopic (exact) mass is 281 g/mol. The topological polar surface area (TPSA) is 93.4 Å². The molecule has 0 aromatic carbocycles. The zero-order valence-electron chi connectivity index (χ0n) is 11.9. The van der Waals surface area contributed by atoms with Gasteiger partial charge in [0.15, 0.2) is 0 Å². The van der Waals surface area contributed by atoms with Crippen molar-refractivity contribution in [2.75, 3.05) is 29.9 Å². The maximum Gasteiger partial charge on any atom is 0.329 e. The van der Waals surface area contributed by atoms with Crippen LogP contribution in [0.4, 0.5) is 17.5 Å². The Hall–Kier alpha value is -1.96. The van der Waals surface area contributed by atoms with Gasteiger partial charge in [0.1, 0.15) is 6.20 Å². The summed E-state index contributed by atoms with van der Waals surface area (Å²) in [7, 11) is 0. The third-order valence-corrected chi connectivity index (χ3v) is 3.00. The van der Waals surface area contributed by atoms with E-state index in [4.69, 9.17) is 4.74 Å². The van der Waals surface area contributed by atoms with Gasteiger partial charge in [0.25, 0.3) is 0 Å². The molecule has 2 unspecified atom stereocenters. The lowest BCUT2D eigenvalue weighted by molar-refractivity contribution is -0.384. The largest absolute Gasteiger partial charge is 0.372 e. The Morgan fingerprint density at radius 3 is 2.70 bits per heavy atom. The molecule has 1 fully saturated rings. The van der Waals surface area contributed by atoms with Gasteiger partial charge in [-0.25, -0.2) is 4.98 Å². The molecule has 0 bridgehead atoms. The third-order valence-electron chi connectivity index (χ3n) is 3.00. The molecule has 0 aliphatic carbocycles. The second-order valence-electron chi connectivity index (χ2n) is 4.85. The van der Waals surface area contributed by atoms with Gasteiger partial charge in [0.2, 0.25) is 11.8 Å². The Kier molecular flexibility index (Phi) is 4.33. The first-order valence-electron chi connectivity index (χ1n) is 6.67. The molecule has 0 amide bonds. The molecule has 8 heteroatoms. The van der Waals surface area contributed by atoms with Crippen LogP contribution in [0.5, 0.6) is 0 Å². The molecule has 1 saturated heterocycles. The molecule has 2 atom stereocenters. The summed E-state index contributed by atoms with van der Waals surface area (Å²) in [6, 6.07) is 0. The summed E-state index contributed by atoms with van der Waals surface area (Å²) in [6.45, 7) is 7.62. The molecule has 1 N–H and O–H groups in total. The number of nitrogens with one attached hydrogen (secondary N) is 1. The average molecular weight is 281 g/mol. The minimum absolute atomic E-state index is 0.0101. The molecular formula is C12H19N5O3. The SMILES string of the molecule is CCNc1ncc([N+](=O)[O-])c(N2CC(C)OC(C)C2)n1. The number of aromatic nitrogens is 2. The first-order valence-corrected chi connectivity index (χ1v) is 6.67. The molecule has 1 aliphatic heterocycles. The number of hydrogen-bond acceptors (Lipinski definition) is 7. The summed E-state index contributed by atoms with van der Waals surface area (Å²) in [5.74, 6) is 0.753. The van der Waals surface area contributed by atoms with Crippen molar-refractivity contribution in [3.8, 4) is 0 Å². The van der Waals surface area contributed by atoms with Gasteiger partial charge in [-0.1, -0.05) is 0 Å². The van der Waals surface area contributed by atoms with Crippen molar-refractivity contribution < 1.29 is 9.66 Å². The van der Waals surface area contributed by atoms with E-state index < -0.39 is 4.92 Å². The molecule has 110 valence electrons. The molecular weight excluding hydrogens is 262 g/mol. The van der Waals surface area contributed by atoms with Crippen LogP contribution < -0.4 is 10.2 Å². The highest BCUT2D eigenvalue weighted by atomic mass is 16.6. The van der Waals surface area contributed by atoms with Gasteiger partial charge >= 0.3 is 5.69 Å². The Morgan fingerprint density at radius 2 is 2.15 bits per heavy atom. The number of anilines is 2. The summed E-state index contributed by atoms with van der Waals surface area (Å²) >= 11 is 0. The first-order chi connectivity index (χ1) is 9.51. The standard InChI is InChI=1S/C12H19N5O3/c1-4-13-12-14-5-10(17(18)19)11(15-12)16-6-8(2)20-9(3)7-16/h5,8-9H,4,6-7H2,1-3H3,(H,13,14,15). The summed E-state index contributed by atoms with van der Waals surface area (Å²) < 4.78 is 5.65. The normalized spacial score (nSPS) is 22.6. The lowest BCUT2D eigenvalue weighted by Crippen LogP contribution is -2.46. The Morgan fingerprint density at radius 1 is 1.50 bits per heavy atom. The van der Waals surface area contributed by atoms with Crippen LogP contribution in [-0.4, -0.2) is 46.7 Å². The fourth-order valence-electron chi connectivity index (χ4n) is 2.32. The Labute approximate surface area is 117 Å². The van der Waals surface area contributed by atoms with Gasteiger partial charge in [-0.15, -0.1) is 0 Å². The fraction of sp³-hybridized carbons (Fsp3) is 0.667. The van der Waals surface area contributed by atoms with Gasteiger partial charge in [-0.3, -0.25) is 10.1 Å². The van der Waals surface area contributed by atoms with Crippen molar-refractivity contribution in [1.29, 1.82) is 0 Å². The highest BCUT2D eigenvalue weighted by Crippen LogP contribution is 2.28. The number of nitrogens with zero attached hydrogens (tertiary/aromatic N) is 4. The van der Waals surface area contributed by atoms with Crippen LogP contribution in [0.2, 0.25) is 0 Å². The second-order valence-corrected chi connectivity index (χ2v) is 4.85. The summed E-state index contributed by atoms with van der Waals surface area (Å²) in [5, 5.41) is 14.1. The number of ether oxygens (including phenoxy) is 1. The van der Waals surface area contributed by atoms with Gasteiger partial charge < -0.3 is 15.0 Å². The summed E-state index contributed by atoms with van der Waals surface area (Å²) in [6.07, 6.45) is 1.28. The van der Waals surface area contributed by atoms with E-state index >= 15 is 0 Å². The lowest BCUT2D eigenvalue weighted by atomic mass is 10.2. The number of rotatable bonds is 4. The van der Waals surface area contributed by atoms with Crippen molar-refractivity contribution in [1.82, 2.24) is 9.97 Å². The van der Waals surface area contributed by atoms with Gasteiger partial charge in [0.05, 0.1) is 17.1 Å². The van der Waals surface area contributed by atoms with E-state index in [0.717, 1.165) is 0 Å². The molecule has 2 rings (SSSR count). The van der Waals surface area contributed by atoms with Crippen LogP contribution in [0.3, 0.4) is 0 Å². The van der Waals surface area contributed by atoms with E-state index in [1.807, 2.05) is 25.7 Å². The third kappa shape index (κ3) is 3.13. The maximum atomic E-state index is 11.1. The molecule has 2 heterocycles. The van der Waals surface area contributed by atoms with Crippen molar-refractivity contribution in [3.63, 3.8) is 0 Å². The van der Waals surface area contributed by atoms with E-state index in [2.05, 4.69) is 15.3 Å². The number of hydrogen-bond donors (Lipinski definition) is 1. The van der Waals surface area contributed by atoms with Crippen molar-refractivity contribution in [2.45, 2.75) is 33.0 Å². The zero-order chi connectivity index (χ0) is 14.7. The van der Waals surface area contributed by atoms with E-state index in [9.17, 15) is 10.1 Å². The molecule has 0 radical (unpaired) electrons.